The Morgan fingerprint density at radius 1 is 1.20 bits per heavy atom. The van der Waals surface area contributed by atoms with Gasteiger partial charge in [0.2, 0.25) is 12.2 Å². The van der Waals surface area contributed by atoms with E-state index in [9.17, 15) is 9.59 Å². The monoisotopic (exact) mass is 264 g/mol. The summed E-state index contributed by atoms with van der Waals surface area (Å²) in [6, 6.07) is 7.04. The maximum atomic E-state index is 10.1. The van der Waals surface area contributed by atoms with Crippen molar-refractivity contribution in [3.05, 3.63) is 40.5 Å². The van der Waals surface area contributed by atoms with Gasteiger partial charge in [-0.05, 0) is 12.1 Å². The summed E-state index contributed by atoms with van der Waals surface area (Å²) in [5, 5.41) is 0. The molecule has 0 radical (unpaired) electrons. The second kappa shape index (κ2) is 5.83. The molecule has 74 valence electrons. The molecule has 0 aliphatic rings. The highest BCUT2D eigenvalue weighted by molar-refractivity contribution is 9.10. The van der Waals surface area contributed by atoms with Crippen LogP contribution in [0, 0.1) is 0 Å². The van der Waals surface area contributed by atoms with Crippen molar-refractivity contribution in [2.75, 3.05) is 0 Å². The van der Waals surface area contributed by atoms with E-state index in [2.05, 4.69) is 25.9 Å². The Hall–Kier alpha value is -1.80. The van der Waals surface area contributed by atoms with E-state index in [1.165, 1.54) is 12.2 Å². The van der Waals surface area contributed by atoms with Crippen LogP contribution >= 0.6 is 15.9 Å². The topological polar surface area (TPSA) is 58.9 Å². The maximum Gasteiger partial charge on any atom is 0.240 e. The number of benzene rings is 1. The molecule has 0 saturated carbocycles. The fourth-order valence-corrected chi connectivity index (χ4v) is 1.19. The zero-order chi connectivity index (χ0) is 11.1. The van der Waals surface area contributed by atoms with E-state index in [0.717, 1.165) is 10.7 Å². The fourth-order valence-electron chi connectivity index (χ4n) is 0.925. The van der Waals surface area contributed by atoms with Crippen LogP contribution in [0.15, 0.2) is 44.9 Å². The lowest BCUT2D eigenvalue weighted by Crippen LogP contribution is -1.80. The van der Waals surface area contributed by atoms with Crippen LogP contribution < -0.4 is 0 Å². The van der Waals surface area contributed by atoms with Gasteiger partial charge in [-0.25, -0.2) is 9.59 Å². The average molecular weight is 265 g/mol. The first-order chi connectivity index (χ1) is 7.27. The Kier molecular flexibility index (Phi) is 4.38. The van der Waals surface area contributed by atoms with Crippen molar-refractivity contribution in [3.8, 4) is 0 Å². The molecule has 0 aromatic heterocycles. The Morgan fingerprint density at radius 3 is 2.40 bits per heavy atom. The normalized spacial score (nSPS) is 10.1. The Labute approximate surface area is 94.2 Å². The van der Waals surface area contributed by atoms with Crippen molar-refractivity contribution in [2.45, 2.75) is 0 Å². The second-order valence-electron chi connectivity index (χ2n) is 2.44. The molecule has 0 amide bonds. The molecule has 0 spiro atoms. The average Bonchev–Trinajstić information content (AvgIpc) is 2.25. The molecule has 15 heavy (non-hydrogen) atoms. The van der Waals surface area contributed by atoms with Crippen molar-refractivity contribution >= 4 is 33.8 Å². The SMILES string of the molecule is O=C=NC=C(N=C=O)c1ccc(Br)cc1. The number of nitrogens with zero attached hydrogens (tertiary/aromatic N) is 2. The van der Waals surface area contributed by atoms with E-state index in [-0.39, 0.29) is 5.70 Å². The van der Waals surface area contributed by atoms with E-state index in [4.69, 9.17) is 0 Å². The Morgan fingerprint density at radius 2 is 1.87 bits per heavy atom. The maximum absolute atomic E-state index is 10.1. The number of hydrogen-bond donors (Lipinski definition) is 0. The minimum Gasteiger partial charge on any atom is -0.211 e. The van der Waals surface area contributed by atoms with Crippen LogP contribution in [0.2, 0.25) is 0 Å². The standard InChI is InChI=1S/C10H5BrN2O2/c11-9-3-1-8(2-4-9)10(13-7-15)5-12-6-14/h1-5H. The minimum absolute atomic E-state index is 0.265. The summed E-state index contributed by atoms with van der Waals surface area (Å²) in [4.78, 5) is 26.7. The van der Waals surface area contributed by atoms with Crippen molar-refractivity contribution in [1.82, 2.24) is 0 Å². The lowest BCUT2D eigenvalue weighted by Gasteiger charge is -1.97. The summed E-state index contributed by atoms with van der Waals surface area (Å²) in [5.41, 5.74) is 0.932. The van der Waals surface area contributed by atoms with Gasteiger partial charge in [-0.2, -0.15) is 9.98 Å². The number of isocyanates is 2. The number of carbonyl (C=O) groups excluding carboxylic acids is 2. The molecule has 0 aliphatic carbocycles. The predicted octanol–water partition coefficient (Wildman–Crippen LogP) is 2.42. The molecule has 0 saturated heterocycles. The fraction of sp³-hybridized carbons (Fsp3) is 0. The molecule has 0 fully saturated rings. The zero-order valence-corrected chi connectivity index (χ0v) is 9.06. The first-order valence-electron chi connectivity index (χ1n) is 3.89. The Bertz CT molecular complexity index is 467. The van der Waals surface area contributed by atoms with Gasteiger partial charge in [-0.3, -0.25) is 0 Å². The first kappa shape index (κ1) is 11.3. The smallest absolute Gasteiger partial charge is 0.211 e. The van der Waals surface area contributed by atoms with Gasteiger partial charge in [0.1, 0.15) is 5.70 Å². The molecule has 0 unspecified atom stereocenters. The summed E-state index contributed by atoms with van der Waals surface area (Å²) in [5.74, 6) is 0. The highest BCUT2D eigenvalue weighted by Crippen LogP contribution is 2.18. The number of hydrogen-bond acceptors (Lipinski definition) is 4. The van der Waals surface area contributed by atoms with Gasteiger partial charge in [0.05, 0.1) is 6.20 Å². The molecule has 0 bridgehead atoms. The van der Waals surface area contributed by atoms with Crippen LogP contribution in [0.25, 0.3) is 5.70 Å². The van der Waals surface area contributed by atoms with E-state index in [0.29, 0.717) is 5.56 Å². The van der Waals surface area contributed by atoms with Crippen LogP contribution in [0.5, 0.6) is 0 Å². The molecule has 1 aromatic carbocycles. The van der Waals surface area contributed by atoms with Crippen molar-refractivity contribution in [3.63, 3.8) is 0 Å². The quantitative estimate of drug-likeness (QED) is 0.622. The van der Waals surface area contributed by atoms with Crippen LogP contribution in [0.3, 0.4) is 0 Å². The Balaban J connectivity index is 3.15. The third-order valence-electron chi connectivity index (χ3n) is 1.55. The molecule has 0 N–H and O–H groups in total. The lowest BCUT2D eigenvalue weighted by atomic mass is 10.2. The summed E-state index contributed by atoms with van der Waals surface area (Å²) in [6.07, 6.45) is 3.89. The lowest BCUT2D eigenvalue weighted by molar-refractivity contribution is 0.564. The van der Waals surface area contributed by atoms with Gasteiger partial charge in [-0.1, -0.05) is 28.1 Å². The third-order valence-corrected chi connectivity index (χ3v) is 2.07. The summed E-state index contributed by atoms with van der Waals surface area (Å²) in [6.45, 7) is 0. The van der Waals surface area contributed by atoms with Crippen molar-refractivity contribution < 1.29 is 9.59 Å². The van der Waals surface area contributed by atoms with Crippen molar-refractivity contribution in [1.29, 1.82) is 0 Å². The van der Waals surface area contributed by atoms with Crippen molar-refractivity contribution in [2.24, 2.45) is 9.98 Å². The molecular formula is C10H5BrN2O2. The molecule has 0 aliphatic heterocycles. The number of rotatable bonds is 3. The van der Waals surface area contributed by atoms with Gasteiger partial charge in [-0.15, -0.1) is 0 Å². The highest BCUT2D eigenvalue weighted by Gasteiger charge is 1.99. The third kappa shape index (κ3) is 3.44. The van der Waals surface area contributed by atoms with Crippen LogP contribution in [0.4, 0.5) is 0 Å². The zero-order valence-electron chi connectivity index (χ0n) is 7.48. The molecular weight excluding hydrogens is 260 g/mol. The van der Waals surface area contributed by atoms with Crippen LogP contribution in [-0.4, -0.2) is 12.2 Å². The van der Waals surface area contributed by atoms with E-state index < -0.39 is 0 Å². The van der Waals surface area contributed by atoms with Crippen LogP contribution in [-0.2, 0) is 9.59 Å². The molecule has 1 aromatic rings. The minimum atomic E-state index is 0.265. The molecule has 5 heteroatoms. The summed E-state index contributed by atoms with van der Waals surface area (Å²) < 4.78 is 0.902. The van der Waals surface area contributed by atoms with Gasteiger partial charge in [0.25, 0.3) is 0 Å². The first-order valence-corrected chi connectivity index (χ1v) is 4.68. The summed E-state index contributed by atoms with van der Waals surface area (Å²) in [7, 11) is 0. The van der Waals surface area contributed by atoms with E-state index in [1.54, 1.807) is 24.3 Å². The van der Waals surface area contributed by atoms with Crippen LogP contribution in [0.1, 0.15) is 5.56 Å². The van der Waals surface area contributed by atoms with Gasteiger partial charge in [0, 0.05) is 10.0 Å². The largest absolute Gasteiger partial charge is 0.240 e. The van der Waals surface area contributed by atoms with Gasteiger partial charge >= 0.3 is 0 Å². The molecule has 1 rings (SSSR count). The highest BCUT2D eigenvalue weighted by atomic mass is 79.9. The van der Waals surface area contributed by atoms with Gasteiger partial charge < -0.3 is 0 Å². The number of halogens is 1. The predicted molar refractivity (Wildman–Crippen MR) is 58.4 cm³/mol. The number of aliphatic imine (C=N–C) groups is 2. The molecule has 0 heterocycles. The van der Waals surface area contributed by atoms with E-state index >= 15 is 0 Å². The molecule has 4 nitrogen and oxygen atoms in total. The van der Waals surface area contributed by atoms with Gasteiger partial charge in [0.15, 0.2) is 0 Å². The second-order valence-corrected chi connectivity index (χ2v) is 3.36. The molecule has 0 atom stereocenters. The van der Waals surface area contributed by atoms with E-state index in [1.807, 2.05) is 0 Å². The summed E-state index contributed by atoms with van der Waals surface area (Å²) >= 11 is 3.27.